The first-order chi connectivity index (χ1) is 9.58. The number of carbonyl (C=O) groups excluding carboxylic acids is 1. The zero-order valence-electron chi connectivity index (χ0n) is 13.5. The molecule has 20 heavy (non-hydrogen) atoms. The van der Waals surface area contributed by atoms with E-state index in [2.05, 4.69) is 19.2 Å². The Labute approximate surface area is 124 Å². The molecule has 3 heteroatoms. The topological polar surface area (TPSA) is 32.3 Å². The molecule has 1 aliphatic heterocycles. The standard InChI is InChI=1S/C17H32N2O/c1-13(2)15-7-6-8-16(10-9-15)18-14(3)17(20)19-11-4-5-12-19/h13-16,18H,4-12H2,1-3H3. The maximum Gasteiger partial charge on any atom is 0.239 e. The summed E-state index contributed by atoms with van der Waals surface area (Å²) in [6, 6.07) is 0.536. The minimum absolute atomic E-state index is 0.00583. The molecular weight excluding hydrogens is 248 g/mol. The van der Waals surface area contributed by atoms with Gasteiger partial charge in [-0.15, -0.1) is 0 Å². The number of nitrogens with zero attached hydrogens (tertiary/aromatic N) is 1. The van der Waals surface area contributed by atoms with E-state index < -0.39 is 0 Å². The molecule has 0 aromatic carbocycles. The minimum Gasteiger partial charge on any atom is -0.341 e. The van der Waals surface area contributed by atoms with Crippen molar-refractivity contribution in [3.8, 4) is 0 Å². The number of rotatable bonds is 4. The van der Waals surface area contributed by atoms with Gasteiger partial charge in [0, 0.05) is 19.1 Å². The van der Waals surface area contributed by atoms with Crippen molar-refractivity contribution in [3.63, 3.8) is 0 Å². The van der Waals surface area contributed by atoms with Crippen molar-refractivity contribution in [1.82, 2.24) is 10.2 Å². The van der Waals surface area contributed by atoms with Crippen LogP contribution in [-0.2, 0) is 4.79 Å². The van der Waals surface area contributed by atoms with Crippen molar-refractivity contribution < 1.29 is 4.79 Å². The third-order valence-corrected chi connectivity index (χ3v) is 5.23. The lowest BCUT2D eigenvalue weighted by atomic mass is 9.89. The monoisotopic (exact) mass is 280 g/mol. The first-order valence-corrected chi connectivity index (χ1v) is 8.62. The number of likely N-dealkylation sites (tertiary alicyclic amines) is 1. The van der Waals surface area contributed by atoms with Crippen LogP contribution in [0.2, 0.25) is 0 Å². The van der Waals surface area contributed by atoms with Gasteiger partial charge in [-0.2, -0.15) is 0 Å². The Morgan fingerprint density at radius 2 is 1.70 bits per heavy atom. The van der Waals surface area contributed by atoms with Crippen LogP contribution >= 0.6 is 0 Å². The van der Waals surface area contributed by atoms with Crippen LogP contribution in [0.3, 0.4) is 0 Å². The zero-order chi connectivity index (χ0) is 14.5. The molecule has 2 rings (SSSR count). The molecule has 0 aromatic heterocycles. The summed E-state index contributed by atoms with van der Waals surface area (Å²) in [7, 11) is 0. The highest BCUT2D eigenvalue weighted by Gasteiger charge is 2.26. The lowest BCUT2D eigenvalue weighted by molar-refractivity contribution is -0.132. The Bertz CT molecular complexity index is 310. The fourth-order valence-electron chi connectivity index (χ4n) is 3.80. The van der Waals surface area contributed by atoms with E-state index >= 15 is 0 Å². The molecule has 1 amide bonds. The average molecular weight is 280 g/mol. The lowest BCUT2D eigenvalue weighted by Crippen LogP contribution is -2.47. The van der Waals surface area contributed by atoms with Crippen molar-refractivity contribution in [1.29, 1.82) is 0 Å². The maximum atomic E-state index is 12.3. The van der Waals surface area contributed by atoms with Crippen molar-refractivity contribution in [2.45, 2.75) is 77.8 Å². The molecule has 1 aliphatic carbocycles. The molecule has 3 unspecified atom stereocenters. The second-order valence-electron chi connectivity index (χ2n) is 7.13. The fraction of sp³-hybridized carbons (Fsp3) is 0.941. The molecule has 0 bridgehead atoms. The van der Waals surface area contributed by atoms with Crippen molar-refractivity contribution in [3.05, 3.63) is 0 Å². The molecular formula is C17H32N2O. The molecule has 0 radical (unpaired) electrons. The van der Waals surface area contributed by atoms with Gasteiger partial charge in [-0.1, -0.05) is 26.7 Å². The van der Waals surface area contributed by atoms with Crippen molar-refractivity contribution in [2.75, 3.05) is 13.1 Å². The van der Waals surface area contributed by atoms with Crippen LogP contribution in [0.15, 0.2) is 0 Å². The summed E-state index contributed by atoms with van der Waals surface area (Å²) in [5.74, 6) is 2.00. The van der Waals surface area contributed by atoms with Crippen molar-refractivity contribution >= 4 is 5.91 Å². The molecule has 2 fully saturated rings. The predicted molar refractivity (Wildman–Crippen MR) is 83.6 cm³/mol. The summed E-state index contributed by atoms with van der Waals surface area (Å²) < 4.78 is 0. The summed E-state index contributed by atoms with van der Waals surface area (Å²) in [6.07, 6.45) is 8.83. The Morgan fingerprint density at radius 1 is 1.00 bits per heavy atom. The van der Waals surface area contributed by atoms with Gasteiger partial charge >= 0.3 is 0 Å². The fourth-order valence-corrected chi connectivity index (χ4v) is 3.80. The highest BCUT2D eigenvalue weighted by atomic mass is 16.2. The highest BCUT2D eigenvalue weighted by Crippen LogP contribution is 2.29. The van der Waals surface area contributed by atoms with Gasteiger partial charge in [0.2, 0.25) is 5.91 Å². The van der Waals surface area contributed by atoms with Gasteiger partial charge in [0.1, 0.15) is 0 Å². The smallest absolute Gasteiger partial charge is 0.239 e. The van der Waals surface area contributed by atoms with Crippen LogP contribution in [0.4, 0.5) is 0 Å². The maximum absolute atomic E-state index is 12.3. The predicted octanol–water partition coefficient (Wildman–Crippen LogP) is 3.19. The second kappa shape index (κ2) is 7.44. The van der Waals surface area contributed by atoms with E-state index in [9.17, 15) is 4.79 Å². The highest BCUT2D eigenvalue weighted by molar-refractivity contribution is 5.81. The van der Waals surface area contributed by atoms with Gasteiger partial charge in [-0.3, -0.25) is 4.79 Å². The van der Waals surface area contributed by atoms with Gasteiger partial charge in [0.15, 0.2) is 0 Å². The van der Waals surface area contributed by atoms with E-state index in [1.54, 1.807) is 0 Å². The van der Waals surface area contributed by atoms with E-state index in [0.29, 0.717) is 11.9 Å². The minimum atomic E-state index is -0.00583. The number of hydrogen-bond acceptors (Lipinski definition) is 2. The average Bonchev–Trinajstić information content (AvgIpc) is 2.85. The molecule has 0 aromatic rings. The van der Waals surface area contributed by atoms with Crippen LogP contribution < -0.4 is 5.32 Å². The van der Waals surface area contributed by atoms with Gasteiger partial charge in [-0.05, 0) is 50.9 Å². The zero-order valence-corrected chi connectivity index (χ0v) is 13.5. The second-order valence-corrected chi connectivity index (χ2v) is 7.13. The molecule has 1 N–H and O–H groups in total. The first kappa shape index (κ1) is 15.8. The number of hydrogen-bond donors (Lipinski definition) is 1. The number of nitrogens with one attached hydrogen (secondary N) is 1. The van der Waals surface area contributed by atoms with Crippen LogP contribution in [0.5, 0.6) is 0 Å². The summed E-state index contributed by atoms with van der Waals surface area (Å²) in [5.41, 5.74) is 0. The molecule has 3 atom stereocenters. The molecule has 1 saturated heterocycles. The van der Waals surface area contributed by atoms with Gasteiger partial charge in [0.25, 0.3) is 0 Å². The first-order valence-electron chi connectivity index (χ1n) is 8.62. The van der Waals surface area contributed by atoms with Crippen LogP contribution in [0.1, 0.15) is 65.7 Å². The van der Waals surface area contributed by atoms with E-state index in [1.807, 2.05) is 11.8 Å². The normalized spacial score (nSPS) is 29.5. The van der Waals surface area contributed by atoms with Gasteiger partial charge < -0.3 is 10.2 Å². The Morgan fingerprint density at radius 3 is 2.35 bits per heavy atom. The van der Waals surface area contributed by atoms with Crippen LogP contribution in [0.25, 0.3) is 0 Å². The Kier molecular flexibility index (Phi) is 5.88. The summed E-state index contributed by atoms with van der Waals surface area (Å²) >= 11 is 0. The third-order valence-electron chi connectivity index (χ3n) is 5.23. The van der Waals surface area contributed by atoms with Crippen LogP contribution in [-0.4, -0.2) is 36.0 Å². The molecule has 1 saturated carbocycles. The summed E-state index contributed by atoms with van der Waals surface area (Å²) in [5, 5.41) is 3.60. The SMILES string of the molecule is CC(NC1CCCC(C(C)C)CC1)C(=O)N1CCCC1. The van der Waals surface area contributed by atoms with E-state index in [1.165, 1.54) is 44.9 Å². The molecule has 2 aliphatic rings. The Balaban J connectivity index is 1.78. The van der Waals surface area contributed by atoms with Crippen LogP contribution in [0, 0.1) is 11.8 Å². The van der Waals surface area contributed by atoms with E-state index in [0.717, 1.165) is 24.9 Å². The van der Waals surface area contributed by atoms with Gasteiger partial charge in [-0.25, -0.2) is 0 Å². The largest absolute Gasteiger partial charge is 0.341 e. The van der Waals surface area contributed by atoms with E-state index in [-0.39, 0.29) is 6.04 Å². The summed E-state index contributed by atoms with van der Waals surface area (Å²) in [4.78, 5) is 14.4. The third kappa shape index (κ3) is 4.21. The molecule has 116 valence electrons. The Hall–Kier alpha value is -0.570. The quantitative estimate of drug-likeness (QED) is 0.802. The number of carbonyl (C=O) groups is 1. The van der Waals surface area contributed by atoms with Gasteiger partial charge in [0.05, 0.1) is 6.04 Å². The lowest BCUT2D eigenvalue weighted by Gasteiger charge is -2.25. The molecule has 3 nitrogen and oxygen atoms in total. The van der Waals surface area contributed by atoms with E-state index in [4.69, 9.17) is 0 Å². The molecule has 0 spiro atoms. The summed E-state index contributed by atoms with van der Waals surface area (Å²) in [6.45, 7) is 8.66. The number of amides is 1. The van der Waals surface area contributed by atoms with Crippen molar-refractivity contribution in [2.24, 2.45) is 11.8 Å². The molecule has 1 heterocycles.